The van der Waals surface area contributed by atoms with Crippen LogP contribution in [0.5, 0.6) is 0 Å². The first-order chi connectivity index (χ1) is 8.02. The molecule has 0 aliphatic carbocycles. The second-order valence-electron chi connectivity index (χ2n) is 4.78. The molecular formula is C13H17N3O. The van der Waals surface area contributed by atoms with Crippen LogP contribution in [0.25, 0.3) is 5.65 Å². The molecule has 0 aliphatic heterocycles. The third kappa shape index (κ3) is 2.46. The van der Waals surface area contributed by atoms with Crippen molar-refractivity contribution in [1.29, 1.82) is 0 Å². The van der Waals surface area contributed by atoms with Crippen LogP contribution in [0.2, 0.25) is 0 Å². The van der Waals surface area contributed by atoms with E-state index >= 15 is 0 Å². The lowest BCUT2D eigenvalue weighted by Crippen LogP contribution is -2.42. The molecule has 1 amide bonds. The van der Waals surface area contributed by atoms with Gasteiger partial charge in [0.25, 0.3) is 5.91 Å². The molecule has 0 aromatic carbocycles. The van der Waals surface area contributed by atoms with E-state index in [-0.39, 0.29) is 11.4 Å². The molecule has 4 nitrogen and oxygen atoms in total. The third-order valence-electron chi connectivity index (χ3n) is 2.93. The summed E-state index contributed by atoms with van der Waals surface area (Å²) in [4.78, 5) is 16.3. The van der Waals surface area contributed by atoms with Crippen LogP contribution in [0.3, 0.4) is 0 Å². The number of carbonyl (C=O) groups excluding carboxylic acids is 1. The van der Waals surface area contributed by atoms with Gasteiger partial charge in [-0.25, -0.2) is 4.98 Å². The summed E-state index contributed by atoms with van der Waals surface area (Å²) in [5.74, 6) is -0.124. The number of aromatic nitrogens is 2. The lowest BCUT2D eigenvalue weighted by Gasteiger charge is -2.23. The van der Waals surface area contributed by atoms with Gasteiger partial charge in [-0.2, -0.15) is 0 Å². The van der Waals surface area contributed by atoms with Crippen LogP contribution in [0.4, 0.5) is 0 Å². The van der Waals surface area contributed by atoms with Crippen molar-refractivity contribution in [3.63, 3.8) is 0 Å². The number of hydrogen-bond donors (Lipinski definition) is 1. The van der Waals surface area contributed by atoms with E-state index < -0.39 is 0 Å². The number of pyridine rings is 1. The monoisotopic (exact) mass is 231 g/mol. The highest BCUT2D eigenvalue weighted by Crippen LogP contribution is 2.10. The van der Waals surface area contributed by atoms with Crippen LogP contribution in [0, 0.1) is 0 Å². The van der Waals surface area contributed by atoms with Gasteiger partial charge in [0, 0.05) is 17.9 Å². The Morgan fingerprint density at radius 3 is 2.88 bits per heavy atom. The molecule has 4 heteroatoms. The smallest absolute Gasteiger partial charge is 0.271 e. The van der Waals surface area contributed by atoms with Gasteiger partial charge in [0.05, 0.1) is 0 Å². The lowest BCUT2D eigenvalue weighted by molar-refractivity contribution is 0.0906. The number of nitrogens with zero attached hydrogens (tertiary/aromatic N) is 2. The van der Waals surface area contributed by atoms with Crippen molar-refractivity contribution >= 4 is 11.6 Å². The molecule has 0 saturated carbocycles. The summed E-state index contributed by atoms with van der Waals surface area (Å²) >= 11 is 0. The number of amides is 1. The van der Waals surface area contributed by atoms with Crippen molar-refractivity contribution in [2.75, 3.05) is 0 Å². The molecule has 0 radical (unpaired) electrons. The maximum Gasteiger partial charge on any atom is 0.271 e. The molecule has 2 aromatic heterocycles. The van der Waals surface area contributed by atoms with E-state index in [9.17, 15) is 4.79 Å². The quantitative estimate of drug-likeness (QED) is 0.880. The predicted octanol–water partition coefficient (Wildman–Crippen LogP) is 2.25. The normalized spacial score (nSPS) is 11.7. The molecule has 0 bridgehead atoms. The van der Waals surface area contributed by atoms with Gasteiger partial charge in [-0.15, -0.1) is 0 Å². The Morgan fingerprint density at radius 1 is 1.47 bits per heavy atom. The molecule has 2 aromatic rings. The van der Waals surface area contributed by atoms with Crippen LogP contribution in [-0.4, -0.2) is 20.8 Å². The van der Waals surface area contributed by atoms with Gasteiger partial charge < -0.3 is 9.72 Å². The molecule has 0 saturated heterocycles. The van der Waals surface area contributed by atoms with Gasteiger partial charge in [-0.05, 0) is 32.4 Å². The molecule has 0 aliphatic rings. The van der Waals surface area contributed by atoms with Crippen LogP contribution < -0.4 is 5.32 Å². The highest BCUT2D eigenvalue weighted by molar-refractivity contribution is 5.93. The average molecular weight is 231 g/mol. The van der Waals surface area contributed by atoms with Gasteiger partial charge in [-0.3, -0.25) is 4.79 Å². The van der Waals surface area contributed by atoms with Crippen LogP contribution in [0.1, 0.15) is 37.7 Å². The van der Waals surface area contributed by atoms with Gasteiger partial charge in [-0.1, -0.05) is 13.0 Å². The minimum Gasteiger partial charge on any atom is -0.346 e. The van der Waals surface area contributed by atoms with Gasteiger partial charge in [0.2, 0.25) is 0 Å². The predicted molar refractivity (Wildman–Crippen MR) is 67.0 cm³/mol. The van der Waals surface area contributed by atoms with E-state index in [1.807, 2.05) is 49.6 Å². The lowest BCUT2D eigenvalue weighted by atomic mass is 10.0. The van der Waals surface area contributed by atoms with Crippen molar-refractivity contribution in [3.05, 3.63) is 36.3 Å². The zero-order valence-electron chi connectivity index (χ0n) is 10.4. The molecular weight excluding hydrogens is 214 g/mol. The topological polar surface area (TPSA) is 46.4 Å². The zero-order chi connectivity index (χ0) is 12.5. The fourth-order valence-electron chi connectivity index (χ4n) is 1.50. The van der Waals surface area contributed by atoms with Gasteiger partial charge in [0.15, 0.2) is 0 Å². The Kier molecular flexibility index (Phi) is 2.88. The Labute approximate surface area is 101 Å². The maximum atomic E-state index is 12.0. The molecule has 2 rings (SSSR count). The fraction of sp³-hybridized carbons (Fsp3) is 0.385. The highest BCUT2D eigenvalue weighted by atomic mass is 16.2. The Hall–Kier alpha value is -1.84. The third-order valence-corrected chi connectivity index (χ3v) is 2.93. The molecule has 0 unspecified atom stereocenters. The number of rotatable bonds is 3. The number of imidazole rings is 1. The van der Waals surface area contributed by atoms with Gasteiger partial charge in [0.1, 0.15) is 11.3 Å². The van der Waals surface area contributed by atoms with E-state index in [0.717, 1.165) is 12.1 Å². The van der Waals surface area contributed by atoms with Crippen LogP contribution in [0.15, 0.2) is 30.6 Å². The van der Waals surface area contributed by atoms with E-state index in [4.69, 9.17) is 0 Å². The molecule has 0 spiro atoms. The molecule has 0 fully saturated rings. The van der Waals surface area contributed by atoms with Crippen molar-refractivity contribution in [1.82, 2.24) is 14.7 Å². The maximum absolute atomic E-state index is 12.0. The standard InChI is InChI=1S/C13H17N3O/c1-4-13(2,3)15-12(17)10-9-16-8-6-5-7-11(16)14-10/h5-9H,4H2,1-3H3,(H,15,17). The Balaban J connectivity index is 2.25. The second-order valence-corrected chi connectivity index (χ2v) is 4.78. The molecule has 2 heterocycles. The van der Waals surface area contributed by atoms with E-state index in [0.29, 0.717) is 5.69 Å². The minimum atomic E-state index is -0.202. The number of nitrogens with one attached hydrogen (secondary N) is 1. The van der Waals surface area contributed by atoms with E-state index in [2.05, 4.69) is 10.3 Å². The Bertz CT molecular complexity index is 509. The van der Waals surface area contributed by atoms with Crippen LogP contribution >= 0.6 is 0 Å². The number of fused-ring (bicyclic) bond motifs is 1. The summed E-state index contributed by atoms with van der Waals surface area (Å²) in [5.41, 5.74) is 1.04. The summed E-state index contributed by atoms with van der Waals surface area (Å²) in [6.45, 7) is 6.05. The summed E-state index contributed by atoms with van der Waals surface area (Å²) in [6.07, 6.45) is 4.51. The fourth-order valence-corrected chi connectivity index (χ4v) is 1.50. The second kappa shape index (κ2) is 4.20. The molecule has 1 N–H and O–H groups in total. The van der Waals surface area contributed by atoms with E-state index in [1.165, 1.54) is 0 Å². The largest absolute Gasteiger partial charge is 0.346 e. The van der Waals surface area contributed by atoms with Gasteiger partial charge >= 0.3 is 0 Å². The summed E-state index contributed by atoms with van der Waals surface area (Å²) in [5, 5.41) is 2.97. The van der Waals surface area contributed by atoms with Crippen LogP contribution in [-0.2, 0) is 0 Å². The average Bonchev–Trinajstić information content (AvgIpc) is 2.72. The molecule has 90 valence electrons. The first-order valence-electron chi connectivity index (χ1n) is 5.78. The highest BCUT2D eigenvalue weighted by Gasteiger charge is 2.20. The van der Waals surface area contributed by atoms with E-state index in [1.54, 1.807) is 6.20 Å². The van der Waals surface area contributed by atoms with Crippen molar-refractivity contribution in [3.8, 4) is 0 Å². The summed E-state index contributed by atoms with van der Waals surface area (Å²) < 4.78 is 1.84. The SMILES string of the molecule is CCC(C)(C)NC(=O)c1cn2ccccc2n1. The van der Waals surface area contributed by atoms with Crippen molar-refractivity contribution in [2.45, 2.75) is 32.7 Å². The first-order valence-corrected chi connectivity index (χ1v) is 5.78. The summed E-state index contributed by atoms with van der Waals surface area (Å²) in [7, 11) is 0. The summed E-state index contributed by atoms with van der Waals surface area (Å²) in [6, 6.07) is 5.69. The van der Waals surface area contributed by atoms with Crippen molar-refractivity contribution < 1.29 is 4.79 Å². The van der Waals surface area contributed by atoms with Crippen molar-refractivity contribution in [2.24, 2.45) is 0 Å². The number of hydrogen-bond acceptors (Lipinski definition) is 2. The Morgan fingerprint density at radius 2 is 2.24 bits per heavy atom. The zero-order valence-corrected chi connectivity index (χ0v) is 10.4. The minimum absolute atomic E-state index is 0.124. The molecule has 17 heavy (non-hydrogen) atoms. The first kappa shape index (κ1) is 11.6. The number of carbonyl (C=O) groups is 1. The molecule has 0 atom stereocenters.